The number of fused-ring (bicyclic) bond motifs is 1. The van der Waals surface area contributed by atoms with Crippen molar-refractivity contribution in [1.82, 2.24) is 14.5 Å². The van der Waals surface area contributed by atoms with E-state index >= 15 is 0 Å². The summed E-state index contributed by atoms with van der Waals surface area (Å²) in [7, 11) is 0. The molecule has 3 aromatic rings. The summed E-state index contributed by atoms with van der Waals surface area (Å²) in [5, 5.41) is 3.25. The summed E-state index contributed by atoms with van der Waals surface area (Å²) >= 11 is 5.90. The Kier molecular flexibility index (Phi) is 5.23. The van der Waals surface area contributed by atoms with Gasteiger partial charge in [0.2, 0.25) is 5.91 Å². The van der Waals surface area contributed by atoms with Gasteiger partial charge >= 0.3 is 11.1 Å². The molecule has 0 bridgehead atoms. The van der Waals surface area contributed by atoms with Crippen LogP contribution in [0.25, 0.3) is 11.0 Å². The number of rotatable bonds is 5. The third kappa shape index (κ3) is 3.55. The molecule has 0 saturated heterocycles. The van der Waals surface area contributed by atoms with Crippen molar-refractivity contribution in [3.05, 3.63) is 79.8 Å². The number of likely N-dealkylation sites (N-methyl/N-ethyl adjacent to an activating group) is 1. The summed E-state index contributed by atoms with van der Waals surface area (Å²) in [5.41, 5.74) is 0.600. The lowest BCUT2D eigenvalue weighted by Gasteiger charge is -2.15. The van der Waals surface area contributed by atoms with Gasteiger partial charge in [-0.05, 0) is 36.8 Å². The maximum absolute atomic E-state index is 12.7. The van der Waals surface area contributed by atoms with Gasteiger partial charge in [0.15, 0.2) is 0 Å². The Balaban J connectivity index is 2.15. The number of hydrogen-bond acceptors (Lipinski definition) is 3. The largest absolute Gasteiger partial charge is 0.355 e. The first kappa shape index (κ1) is 17.9. The monoisotopic (exact) mass is 371 g/mol. The molecule has 1 N–H and O–H groups in total. The summed E-state index contributed by atoms with van der Waals surface area (Å²) in [5.74, 6) is -0.311. The summed E-state index contributed by atoms with van der Waals surface area (Å²) in [6, 6.07) is 14.1. The SMILES string of the molecule is CCNC(=O)Cn1c(=O)c(=O)n(Cc2ccc(Cl)cc2)c2ccccc21. The molecule has 0 spiro atoms. The molecule has 1 amide bonds. The van der Waals surface area contributed by atoms with E-state index in [0.717, 1.165) is 5.56 Å². The van der Waals surface area contributed by atoms with Gasteiger partial charge in [-0.15, -0.1) is 0 Å². The molecular formula is C19H18ClN3O3. The first-order valence-electron chi connectivity index (χ1n) is 8.24. The zero-order chi connectivity index (χ0) is 18.7. The first-order valence-corrected chi connectivity index (χ1v) is 8.62. The maximum atomic E-state index is 12.7. The minimum Gasteiger partial charge on any atom is -0.355 e. The van der Waals surface area contributed by atoms with Crippen LogP contribution in [0.3, 0.4) is 0 Å². The van der Waals surface area contributed by atoms with Crippen LogP contribution in [-0.2, 0) is 17.9 Å². The van der Waals surface area contributed by atoms with Crippen LogP contribution in [0.4, 0.5) is 0 Å². The van der Waals surface area contributed by atoms with E-state index in [0.29, 0.717) is 22.6 Å². The number of amides is 1. The molecule has 26 heavy (non-hydrogen) atoms. The Labute approximate surface area is 154 Å². The van der Waals surface area contributed by atoms with Crippen molar-refractivity contribution in [2.75, 3.05) is 6.54 Å². The van der Waals surface area contributed by atoms with Gasteiger partial charge in [-0.2, -0.15) is 0 Å². The van der Waals surface area contributed by atoms with E-state index in [9.17, 15) is 14.4 Å². The van der Waals surface area contributed by atoms with Crippen molar-refractivity contribution in [2.24, 2.45) is 0 Å². The van der Waals surface area contributed by atoms with Crippen molar-refractivity contribution in [1.29, 1.82) is 0 Å². The fourth-order valence-corrected chi connectivity index (χ4v) is 2.98. The molecule has 0 unspecified atom stereocenters. The van der Waals surface area contributed by atoms with E-state index < -0.39 is 11.1 Å². The minimum atomic E-state index is -0.719. The van der Waals surface area contributed by atoms with E-state index in [4.69, 9.17) is 11.6 Å². The lowest BCUT2D eigenvalue weighted by molar-refractivity contribution is -0.121. The molecular weight excluding hydrogens is 354 g/mol. The second-order valence-corrected chi connectivity index (χ2v) is 6.29. The Morgan fingerprint density at radius 2 is 1.54 bits per heavy atom. The average molecular weight is 372 g/mol. The number of para-hydroxylation sites is 2. The number of halogens is 1. The molecule has 134 valence electrons. The van der Waals surface area contributed by atoms with E-state index in [-0.39, 0.29) is 19.0 Å². The number of nitrogens with zero attached hydrogens (tertiary/aromatic N) is 2. The zero-order valence-corrected chi connectivity index (χ0v) is 15.0. The van der Waals surface area contributed by atoms with Crippen LogP contribution >= 0.6 is 11.6 Å². The third-order valence-electron chi connectivity index (χ3n) is 4.07. The second kappa shape index (κ2) is 7.58. The highest BCUT2D eigenvalue weighted by Gasteiger charge is 2.15. The Morgan fingerprint density at radius 3 is 2.15 bits per heavy atom. The first-order chi connectivity index (χ1) is 12.5. The number of hydrogen-bond donors (Lipinski definition) is 1. The molecule has 0 fully saturated rings. The van der Waals surface area contributed by atoms with Crippen molar-refractivity contribution >= 4 is 28.5 Å². The highest BCUT2D eigenvalue weighted by atomic mass is 35.5. The summed E-state index contributed by atoms with van der Waals surface area (Å²) in [6.45, 7) is 2.31. The van der Waals surface area contributed by atoms with Crippen LogP contribution in [0.15, 0.2) is 58.1 Å². The maximum Gasteiger partial charge on any atom is 0.317 e. The standard InChI is InChI=1S/C19H18ClN3O3/c1-2-21-17(24)12-23-16-6-4-3-5-15(16)22(18(25)19(23)26)11-13-7-9-14(20)10-8-13/h3-10H,2,11-12H2,1H3,(H,21,24). The van der Waals surface area contributed by atoms with Crippen LogP contribution in [-0.4, -0.2) is 21.6 Å². The van der Waals surface area contributed by atoms with E-state index in [1.807, 2.05) is 12.1 Å². The van der Waals surface area contributed by atoms with Crippen molar-refractivity contribution in [3.63, 3.8) is 0 Å². The molecule has 0 radical (unpaired) electrons. The van der Waals surface area contributed by atoms with Gasteiger partial charge in [-0.1, -0.05) is 35.9 Å². The quantitative estimate of drug-likeness (QED) is 0.697. The molecule has 2 aromatic carbocycles. The van der Waals surface area contributed by atoms with E-state index in [2.05, 4.69) is 5.32 Å². The van der Waals surface area contributed by atoms with E-state index in [1.165, 1.54) is 9.13 Å². The van der Waals surface area contributed by atoms with Gasteiger partial charge in [0.25, 0.3) is 0 Å². The predicted molar refractivity (Wildman–Crippen MR) is 102 cm³/mol. The second-order valence-electron chi connectivity index (χ2n) is 5.85. The number of carbonyl (C=O) groups is 1. The third-order valence-corrected chi connectivity index (χ3v) is 4.32. The van der Waals surface area contributed by atoms with Crippen LogP contribution < -0.4 is 16.4 Å². The fraction of sp³-hybridized carbons (Fsp3) is 0.211. The highest BCUT2D eigenvalue weighted by Crippen LogP contribution is 2.14. The van der Waals surface area contributed by atoms with Gasteiger partial charge in [0, 0.05) is 11.6 Å². The normalized spacial score (nSPS) is 10.8. The van der Waals surface area contributed by atoms with Crippen molar-refractivity contribution in [2.45, 2.75) is 20.0 Å². The lowest BCUT2D eigenvalue weighted by atomic mass is 10.2. The van der Waals surface area contributed by atoms with Gasteiger partial charge in [-0.25, -0.2) is 0 Å². The van der Waals surface area contributed by atoms with E-state index in [1.54, 1.807) is 43.3 Å². The molecule has 6 nitrogen and oxygen atoms in total. The summed E-state index contributed by atoms with van der Waals surface area (Å²) in [4.78, 5) is 37.2. The molecule has 1 heterocycles. The average Bonchev–Trinajstić information content (AvgIpc) is 2.64. The Morgan fingerprint density at radius 1 is 0.962 bits per heavy atom. The summed E-state index contributed by atoms with van der Waals surface area (Å²) < 4.78 is 2.65. The van der Waals surface area contributed by atoms with Gasteiger partial charge < -0.3 is 5.32 Å². The van der Waals surface area contributed by atoms with Crippen molar-refractivity contribution < 1.29 is 4.79 Å². The molecule has 1 aromatic heterocycles. The highest BCUT2D eigenvalue weighted by molar-refractivity contribution is 6.30. The topological polar surface area (TPSA) is 73.1 Å². The van der Waals surface area contributed by atoms with Crippen molar-refractivity contribution in [3.8, 4) is 0 Å². The number of aromatic nitrogens is 2. The van der Waals surface area contributed by atoms with Gasteiger partial charge in [0.1, 0.15) is 6.54 Å². The lowest BCUT2D eigenvalue weighted by Crippen LogP contribution is -2.44. The molecule has 0 saturated carbocycles. The smallest absolute Gasteiger partial charge is 0.317 e. The molecule has 7 heteroatoms. The Bertz CT molecular complexity index is 1070. The molecule has 0 atom stereocenters. The number of nitrogens with one attached hydrogen (secondary N) is 1. The number of carbonyl (C=O) groups excluding carboxylic acids is 1. The predicted octanol–water partition coefficient (Wildman–Crippen LogP) is 2.00. The van der Waals surface area contributed by atoms with Gasteiger partial charge in [-0.3, -0.25) is 23.5 Å². The fourth-order valence-electron chi connectivity index (χ4n) is 2.85. The molecule has 3 rings (SSSR count). The van der Waals surface area contributed by atoms with Gasteiger partial charge in [0.05, 0.1) is 17.6 Å². The summed E-state index contributed by atoms with van der Waals surface area (Å²) in [6.07, 6.45) is 0. The number of benzene rings is 2. The molecule has 0 aliphatic heterocycles. The van der Waals surface area contributed by atoms with Crippen LogP contribution in [0, 0.1) is 0 Å². The van der Waals surface area contributed by atoms with Crippen LogP contribution in [0.1, 0.15) is 12.5 Å². The molecule has 0 aliphatic carbocycles. The zero-order valence-electron chi connectivity index (χ0n) is 14.2. The Hall–Kier alpha value is -2.86. The van der Waals surface area contributed by atoms with Crippen LogP contribution in [0.2, 0.25) is 5.02 Å². The van der Waals surface area contributed by atoms with Crippen LogP contribution in [0.5, 0.6) is 0 Å². The minimum absolute atomic E-state index is 0.190. The molecule has 0 aliphatic rings.